The number of hydrogen-bond donors (Lipinski definition) is 1. The number of aromatic nitrogens is 3. The fourth-order valence-corrected chi connectivity index (χ4v) is 0.911. The molecule has 0 atom stereocenters. The van der Waals surface area contributed by atoms with E-state index < -0.39 is 0 Å². The lowest BCUT2D eigenvalue weighted by Gasteiger charge is -2.07. The van der Waals surface area contributed by atoms with Crippen molar-refractivity contribution in [1.29, 1.82) is 0 Å². The molecule has 1 rings (SSSR count). The predicted molar refractivity (Wildman–Crippen MR) is 54.5 cm³/mol. The summed E-state index contributed by atoms with van der Waals surface area (Å²) in [6.07, 6.45) is 1.64. The Hall–Kier alpha value is -1.01. The Kier molecular flexibility index (Phi) is 3.32. The minimum Gasteiger partial charge on any atom is -0.387 e. The molecule has 0 aromatic carbocycles. The molecule has 1 aromatic rings. The van der Waals surface area contributed by atoms with E-state index in [4.69, 9.17) is 18.0 Å². The van der Waals surface area contributed by atoms with E-state index in [0.717, 1.165) is 13.1 Å². The van der Waals surface area contributed by atoms with Crippen LogP contribution in [0.15, 0.2) is 6.33 Å². The van der Waals surface area contributed by atoms with Crippen molar-refractivity contribution in [2.45, 2.75) is 6.54 Å². The third-order valence-corrected chi connectivity index (χ3v) is 1.72. The molecule has 72 valence electrons. The fourth-order valence-electron chi connectivity index (χ4n) is 0.818. The summed E-state index contributed by atoms with van der Waals surface area (Å²) in [6, 6.07) is 0. The van der Waals surface area contributed by atoms with Crippen LogP contribution in [0.1, 0.15) is 5.82 Å². The second-order valence-electron chi connectivity index (χ2n) is 3.00. The Morgan fingerprint density at radius 2 is 2.38 bits per heavy atom. The maximum atomic E-state index is 5.37. The Balaban J connectivity index is 2.54. The van der Waals surface area contributed by atoms with Crippen LogP contribution >= 0.6 is 12.2 Å². The van der Waals surface area contributed by atoms with E-state index in [0.29, 0.717) is 5.82 Å². The van der Waals surface area contributed by atoms with Crippen molar-refractivity contribution in [3.63, 3.8) is 0 Å². The van der Waals surface area contributed by atoms with Crippen molar-refractivity contribution in [3.8, 4) is 0 Å². The third kappa shape index (κ3) is 3.08. The van der Waals surface area contributed by atoms with Gasteiger partial charge in [0.2, 0.25) is 5.82 Å². The molecular weight excluding hydrogens is 186 g/mol. The molecule has 0 spiro atoms. The number of hydrogen-bond acceptors (Lipinski definition) is 4. The molecule has 0 saturated heterocycles. The Morgan fingerprint density at radius 3 is 2.85 bits per heavy atom. The molecule has 5 nitrogen and oxygen atoms in total. The van der Waals surface area contributed by atoms with Gasteiger partial charge >= 0.3 is 0 Å². The van der Waals surface area contributed by atoms with E-state index in [2.05, 4.69) is 15.0 Å². The SMILES string of the molecule is CN(C)CCn1cnc(C(N)=S)n1. The molecule has 0 amide bonds. The molecular formula is C7H13N5S. The molecule has 0 saturated carbocycles. The van der Waals surface area contributed by atoms with Crippen LogP contribution in [0.25, 0.3) is 0 Å². The standard InChI is InChI=1S/C7H13N5S/c1-11(2)3-4-12-5-9-7(10-12)6(8)13/h5H,3-4H2,1-2H3,(H2,8,13). The van der Waals surface area contributed by atoms with Gasteiger partial charge in [-0.05, 0) is 14.1 Å². The average molecular weight is 199 g/mol. The zero-order chi connectivity index (χ0) is 9.84. The summed E-state index contributed by atoms with van der Waals surface area (Å²) in [6.45, 7) is 1.71. The van der Waals surface area contributed by atoms with Crippen LogP contribution in [0.2, 0.25) is 0 Å². The van der Waals surface area contributed by atoms with Gasteiger partial charge in [-0.1, -0.05) is 12.2 Å². The lowest BCUT2D eigenvalue weighted by molar-refractivity contribution is 0.373. The molecule has 0 bridgehead atoms. The van der Waals surface area contributed by atoms with E-state index in [1.165, 1.54) is 0 Å². The summed E-state index contributed by atoms with van der Waals surface area (Å²) >= 11 is 4.74. The van der Waals surface area contributed by atoms with Crippen molar-refractivity contribution < 1.29 is 0 Å². The summed E-state index contributed by atoms with van der Waals surface area (Å²) in [4.78, 5) is 6.27. The van der Waals surface area contributed by atoms with Crippen LogP contribution in [0, 0.1) is 0 Å². The van der Waals surface area contributed by atoms with Gasteiger partial charge in [0, 0.05) is 6.54 Å². The highest BCUT2D eigenvalue weighted by Gasteiger charge is 2.02. The van der Waals surface area contributed by atoms with E-state index in [1.807, 2.05) is 14.1 Å². The maximum Gasteiger partial charge on any atom is 0.208 e. The molecule has 2 N–H and O–H groups in total. The second kappa shape index (κ2) is 4.29. The van der Waals surface area contributed by atoms with Crippen LogP contribution in [0.4, 0.5) is 0 Å². The Labute approximate surface area is 82.5 Å². The normalized spacial score (nSPS) is 10.7. The molecule has 13 heavy (non-hydrogen) atoms. The average Bonchev–Trinajstić information content (AvgIpc) is 2.48. The van der Waals surface area contributed by atoms with Crippen LogP contribution in [-0.4, -0.2) is 45.3 Å². The lowest BCUT2D eigenvalue weighted by Crippen LogP contribution is -2.19. The number of nitrogens with zero attached hydrogens (tertiary/aromatic N) is 4. The predicted octanol–water partition coefficient (Wildman–Crippen LogP) is -0.526. The van der Waals surface area contributed by atoms with E-state index in [9.17, 15) is 0 Å². The van der Waals surface area contributed by atoms with Gasteiger partial charge in [-0.25, -0.2) is 4.98 Å². The highest BCUT2D eigenvalue weighted by molar-refractivity contribution is 7.80. The van der Waals surface area contributed by atoms with Crippen LogP contribution in [0.3, 0.4) is 0 Å². The van der Waals surface area contributed by atoms with Crippen molar-refractivity contribution in [1.82, 2.24) is 19.7 Å². The number of rotatable bonds is 4. The summed E-state index contributed by atoms with van der Waals surface area (Å²) < 4.78 is 1.73. The minimum absolute atomic E-state index is 0.239. The topological polar surface area (TPSA) is 60.0 Å². The monoisotopic (exact) mass is 199 g/mol. The molecule has 1 heterocycles. The summed E-state index contributed by atoms with van der Waals surface area (Å²) in [5.74, 6) is 0.439. The number of nitrogens with two attached hydrogens (primary N) is 1. The summed E-state index contributed by atoms with van der Waals surface area (Å²) in [5.41, 5.74) is 5.37. The van der Waals surface area contributed by atoms with Gasteiger partial charge in [0.25, 0.3) is 0 Å². The molecule has 0 unspecified atom stereocenters. The Bertz CT molecular complexity index is 293. The quantitative estimate of drug-likeness (QED) is 0.661. The minimum atomic E-state index is 0.239. The molecule has 0 aliphatic carbocycles. The van der Waals surface area contributed by atoms with Crippen molar-refractivity contribution in [2.75, 3.05) is 20.6 Å². The molecule has 0 radical (unpaired) electrons. The first-order chi connectivity index (χ1) is 6.09. The smallest absolute Gasteiger partial charge is 0.208 e. The highest BCUT2D eigenvalue weighted by Crippen LogP contribution is 1.90. The number of thiocarbonyl (C=S) groups is 1. The second-order valence-corrected chi connectivity index (χ2v) is 3.44. The summed E-state index contributed by atoms with van der Waals surface area (Å²) in [5, 5.41) is 4.09. The first kappa shape index (κ1) is 10.1. The van der Waals surface area contributed by atoms with Gasteiger partial charge < -0.3 is 10.6 Å². The van der Waals surface area contributed by atoms with E-state index >= 15 is 0 Å². The van der Waals surface area contributed by atoms with Crippen LogP contribution in [0.5, 0.6) is 0 Å². The largest absolute Gasteiger partial charge is 0.387 e. The van der Waals surface area contributed by atoms with E-state index in [1.54, 1.807) is 11.0 Å². The molecule has 0 aliphatic rings. The molecule has 0 aliphatic heterocycles. The fraction of sp³-hybridized carbons (Fsp3) is 0.571. The van der Waals surface area contributed by atoms with Gasteiger partial charge in [0.05, 0.1) is 6.54 Å². The number of likely N-dealkylation sites (N-methyl/N-ethyl adjacent to an activating group) is 1. The van der Waals surface area contributed by atoms with Crippen molar-refractivity contribution >= 4 is 17.2 Å². The van der Waals surface area contributed by atoms with Gasteiger partial charge in [-0.3, -0.25) is 4.68 Å². The molecule has 0 fully saturated rings. The zero-order valence-electron chi connectivity index (χ0n) is 7.77. The van der Waals surface area contributed by atoms with Gasteiger partial charge in [0.15, 0.2) is 0 Å². The molecule has 1 aromatic heterocycles. The first-order valence-electron chi connectivity index (χ1n) is 3.93. The highest BCUT2D eigenvalue weighted by atomic mass is 32.1. The zero-order valence-corrected chi connectivity index (χ0v) is 8.58. The lowest BCUT2D eigenvalue weighted by atomic mass is 10.6. The maximum absolute atomic E-state index is 5.37. The van der Waals surface area contributed by atoms with Gasteiger partial charge in [0.1, 0.15) is 11.3 Å². The third-order valence-electron chi connectivity index (χ3n) is 1.53. The van der Waals surface area contributed by atoms with E-state index in [-0.39, 0.29) is 4.99 Å². The van der Waals surface area contributed by atoms with Crippen molar-refractivity contribution in [2.24, 2.45) is 5.73 Å². The molecule has 6 heteroatoms. The van der Waals surface area contributed by atoms with Gasteiger partial charge in [-0.15, -0.1) is 5.10 Å². The first-order valence-corrected chi connectivity index (χ1v) is 4.34. The Morgan fingerprint density at radius 1 is 1.69 bits per heavy atom. The van der Waals surface area contributed by atoms with Crippen molar-refractivity contribution in [3.05, 3.63) is 12.2 Å². The van der Waals surface area contributed by atoms with Crippen LogP contribution < -0.4 is 5.73 Å². The summed E-state index contributed by atoms with van der Waals surface area (Å²) in [7, 11) is 4.01. The van der Waals surface area contributed by atoms with Gasteiger partial charge in [-0.2, -0.15) is 0 Å². The van der Waals surface area contributed by atoms with Crippen LogP contribution in [-0.2, 0) is 6.54 Å².